The molecule has 1 heterocycles. The number of carbonyl (C=O) groups is 2. The van der Waals surface area contributed by atoms with Gasteiger partial charge in [-0.25, -0.2) is 4.79 Å². The van der Waals surface area contributed by atoms with Crippen LogP contribution in [-0.2, 0) is 11.2 Å². The second kappa shape index (κ2) is 7.81. The minimum atomic E-state index is -0.823. The highest BCUT2D eigenvalue weighted by Gasteiger charge is 2.31. The first-order valence-corrected chi connectivity index (χ1v) is 7.96. The van der Waals surface area contributed by atoms with Gasteiger partial charge in [0.15, 0.2) is 0 Å². The van der Waals surface area contributed by atoms with E-state index >= 15 is 0 Å². The van der Waals surface area contributed by atoms with Gasteiger partial charge < -0.3 is 15.3 Å². The van der Waals surface area contributed by atoms with Gasteiger partial charge in [0.1, 0.15) is 0 Å². The van der Waals surface area contributed by atoms with E-state index in [9.17, 15) is 9.59 Å². The van der Waals surface area contributed by atoms with E-state index in [1.807, 2.05) is 31.2 Å². The standard InChI is InChI=1S/C18H24N2O3/c1-3-14-4-6-15(7-5-14)8-9-19-18(23)20-11-13(2)10-16(12-20)17(21)22/h3-7,13,16H,1,8-12H2,2H3,(H,19,23)(H,21,22). The van der Waals surface area contributed by atoms with Crippen LogP contribution in [0, 0.1) is 11.8 Å². The van der Waals surface area contributed by atoms with Gasteiger partial charge in [0.05, 0.1) is 5.92 Å². The molecule has 1 fully saturated rings. The lowest BCUT2D eigenvalue weighted by atomic mass is 9.91. The number of hydrogen-bond acceptors (Lipinski definition) is 2. The number of nitrogens with zero attached hydrogens (tertiary/aromatic N) is 1. The molecule has 1 aliphatic heterocycles. The highest BCUT2D eigenvalue weighted by molar-refractivity contribution is 5.76. The van der Waals surface area contributed by atoms with Crippen molar-refractivity contribution in [3.63, 3.8) is 0 Å². The van der Waals surface area contributed by atoms with Crippen LogP contribution in [0.15, 0.2) is 30.8 Å². The summed E-state index contributed by atoms with van der Waals surface area (Å²) in [6, 6.07) is 7.85. The lowest BCUT2D eigenvalue weighted by Crippen LogP contribution is -2.49. The van der Waals surface area contributed by atoms with Gasteiger partial charge in [0, 0.05) is 19.6 Å². The van der Waals surface area contributed by atoms with E-state index in [1.165, 1.54) is 0 Å². The van der Waals surface area contributed by atoms with Crippen LogP contribution in [0.1, 0.15) is 24.5 Å². The summed E-state index contributed by atoms with van der Waals surface area (Å²) in [7, 11) is 0. The van der Waals surface area contributed by atoms with Gasteiger partial charge in [-0.1, -0.05) is 43.8 Å². The van der Waals surface area contributed by atoms with Crippen molar-refractivity contribution >= 4 is 18.1 Å². The van der Waals surface area contributed by atoms with E-state index in [0.29, 0.717) is 26.1 Å². The predicted octanol–water partition coefficient (Wildman–Crippen LogP) is 2.62. The number of rotatable bonds is 5. The van der Waals surface area contributed by atoms with Crippen LogP contribution < -0.4 is 5.32 Å². The normalized spacial score (nSPS) is 20.8. The Morgan fingerprint density at radius 3 is 2.65 bits per heavy atom. The number of amides is 2. The molecular weight excluding hydrogens is 292 g/mol. The summed E-state index contributed by atoms with van der Waals surface area (Å²) in [5.74, 6) is -1.07. The summed E-state index contributed by atoms with van der Waals surface area (Å²) in [5, 5.41) is 12.0. The Bertz CT molecular complexity index is 568. The second-order valence-corrected chi connectivity index (χ2v) is 6.21. The quantitative estimate of drug-likeness (QED) is 0.877. The van der Waals surface area contributed by atoms with E-state index in [2.05, 4.69) is 11.9 Å². The van der Waals surface area contributed by atoms with Crippen molar-refractivity contribution in [3.05, 3.63) is 42.0 Å². The molecule has 1 aromatic carbocycles. The number of carboxylic acid groups (broad SMARTS) is 1. The van der Waals surface area contributed by atoms with E-state index in [0.717, 1.165) is 17.5 Å². The summed E-state index contributed by atoms with van der Waals surface area (Å²) < 4.78 is 0. The number of likely N-dealkylation sites (tertiary alicyclic amines) is 1. The third-order valence-electron chi connectivity index (χ3n) is 4.20. The Morgan fingerprint density at radius 1 is 1.35 bits per heavy atom. The molecule has 23 heavy (non-hydrogen) atoms. The van der Waals surface area contributed by atoms with Crippen molar-refractivity contribution in [2.45, 2.75) is 19.8 Å². The topological polar surface area (TPSA) is 69.6 Å². The fourth-order valence-corrected chi connectivity index (χ4v) is 2.94. The zero-order valence-corrected chi connectivity index (χ0v) is 13.5. The third kappa shape index (κ3) is 4.84. The maximum absolute atomic E-state index is 12.2. The highest BCUT2D eigenvalue weighted by Crippen LogP contribution is 2.21. The number of benzene rings is 1. The first kappa shape index (κ1) is 17.1. The van der Waals surface area contributed by atoms with Crippen molar-refractivity contribution in [1.29, 1.82) is 0 Å². The van der Waals surface area contributed by atoms with Crippen LogP contribution in [0.4, 0.5) is 4.79 Å². The minimum absolute atomic E-state index is 0.175. The average molecular weight is 316 g/mol. The maximum atomic E-state index is 12.2. The van der Waals surface area contributed by atoms with Crippen molar-refractivity contribution in [2.75, 3.05) is 19.6 Å². The van der Waals surface area contributed by atoms with E-state index in [1.54, 1.807) is 11.0 Å². The molecule has 0 radical (unpaired) electrons. The van der Waals surface area contributed by atoms with Gasteiger partial charge >= 0.3 is 12.0 Å². The van der Waals surface area contributed by atoms with Gasteiger partial charge in [-0.2, -0.15) is 0 Å². The Kier molecular flexibility index (Phi) is 5.79. The van der Waals surface area contributed by atoms with Crippen molar-refractivity contribution in [3.8, 4) is 0 Å². The first-order chi connectivity index (χ1) is 11.0. The molecule has 5 heteroatoms. The number of nitrogens with one attached hydrogen (secondary N) is 1. The number of piperidine rings is 1. The van der Waals surface area contributed by atoms with Crippen LogP contribution in [0.2, 0.25) is 0 Å². The summed E-state index contributed by atoms with van der Waals surface area (Å²) in [6.07, 6.45) is 3.17. The monoisotopic (exact) mass is 316 g/mol. The second-order valence-electron chi connectivity index (χ2n) is 6.21. The summed E-state index contributed by atoms with van der Waals surface area (Å²) in [6.45, 7) is 7.14. The maximum Gasteiger partial charge on any atom is 0.317 e. The Balaban J connectivity index is 1.81. The van der Waals surface area contributed by atoms with Gasteiger partial charge in [-0.05, 0) is 29.9 Å². The van der Waals surface area contributed by atoms with Crippen LogP contribution >= 0.6 is 0 Å². The molecule has 2 rings (SSSR count). The minimum Gasteiger partial charge on any atom is -0.481 e. The number of hydrogen-bond donors (Lipinski definition) is 2. The van der Waals surface area contributed by atoms with Crippen molar-refractivity contribution in [1.82, 2.24) is 10.2 Å². The smallest absolute Gasteiger partial charge is 0.317 e. The summed E-state index contributed by atoms with van der Waals surface area (Å²) in [5.41, 5.74) is 2.21. The zero-order valence-electron chi connectivity index (χ0n) is 13.5. The van der Waals surface area contributed by atoms with Crippen molar-refractivity contribution < 1.29 is 14.7 Å². The Labute approximate surface area is 137 Å². The predicted molar refractivity (Wildman–Crippen MR) is 90.1 cm³/mol. The molecule has 0 bridgehead atoms. The number of carbonyl (C=O) groups excluding carboxylic acids is 1. The Morgan fingerprint density at radius 2 is 2.04 bits per heavy atom. The van der Waals surface area contributed by atoms with Crippen LogP contribution in [-0.4, -0.2) is 41.6 Å². The number of aliphatic carboxylic acids is 1. The molecule has 0 aromatic heterocycles. The molecule has 2 atom stereocenters. The molecule has 2 unspecified atom stereocenters. The third-order valence-corrected chi connectivity index (χ3v) is 4.20. The molecule has 124 valence electrons. The lowest BCUT2D eigenvalue weighted by molar-refractivity contribution is -0.143. The van der Waals surface area contributed by atoms with Crippen molar-refractivity contribution in [2.24, 2.45) is 11.8 Å². The zero-order chi connectivity index (χ0) is 16.8. The number of carboxylic acids is 1. The molecule has 1 aliphatic rings. The molecule has 2 N–H and O–H groups in total. The molecule has 1 aromatic rings. The molecule has 0 saturated carbocycles. The first-order valence-electron chi connectivity index (χ1n) is 7.96. The van der Waals surface area contributed by atoms with Crippen LogP contribution in [0.3, 0.4) is 0 Å². The van der Waals surface area contributed by atoms with E-state index < -0.39 is 11.9 Å². The van der Waals surface area contributed by atoms with E-state index in [4.69, 9.17) is 5.11 Å². The van der Waals surface area contributed by atoms with Crippen LogP contribution in [0.25, 0.3) is 6.08 Å². The lowest BCUT2D eigenvalue weighted by Gasteiger charge is -2.34. The van der Waals surface area contributed by atoms with Gasteiger partial charge in [0.2, 0.25) is 0 Å². The van der Waals surface area contributed by atoms with Gasteiger partial charge in [-0.3, -0.25) is 4.79 Å². The molecular formula is C18H24N2O3. The SMILES string of the molecule is C=Cc1ccc(CCNC(=O)N2CC(C)CC(C(=O)O)C2)cc1. The summed E-state index contributed by atoms with van der Waals surface area (Å²) in [4.78, 5) is 25.0. The highest BCUT2D eigenvalue weighted by atomic mass is 16.4. The van der Waals surface area contributed by atoms with Crippen LogP contribution in [0.5, 0.6) is 0 Å². The van der Waals surface area contributed by atoms with E-state index in [-0.39, 0.29) is 11.9 Å². The average Bonchev–Trinajstić information content (AvgIpc) is 2.54. The molecule has 0 spiro atoms. The molecule has 0 aliphatic carbocycles. The summed E-state index contributed by atoms with van der Waals surface area (Å²) >= 11 is 0. The largest absolute Gasteiger partial charge is 0.481 e. The molecule has 2 amide bonds. The molecule has 5 nitrogen and oxygen atoms in total. The van der Waals surface area contributed by atoms with Gasteiger partial charge in [0.25, 0.3) is 0 Å². The molecule has 1 saturated heterocycles. The Hall–Kier alpha value is -2.30. The number of urea groups is 1. The fourth-order valence-electron chi connectivity index (χ4n) is 2.94. The fraction of sp³-hybridized carbons (Fsp3) is 0.444. The van der Waals surface area contributed by atoms with Gasteiger partial charge in [-0.15, -0.1) is 0 Å².